The molecule has 1 aliphatic heterocycles. The van der Waals surface area contributed by atoms with Crippen molar-refractivity contribution in [3.63, 3.8) is 0 Å². The Kier molecular flexibility index (Phi) is 4.25. The van der Waals surface area contributed by atoms with Gasteiger partial charge in [-0.25, -0.2) is 4.79 Å². The average molecular weight is 344 g/mol. The molecule has 2 rings (SSSR count). The number of carbonyl (C=O) groups is 1. The number of hydrogen-bond donors (Lipinski definition) is 0. The van der Waals surface area contributed by atoms with Crippen molar-refractivity contribution in [1.29, 1.82) is 0 Å². The fourth-order valence-electron chi connectivity index (χ4n) is 2.08. The predicted molar refractivity (Wildman–Crippen MR) is 76.8 cm³/mol. The summed E-state index contributed by atoms with van der Waals surface area (Å²) in [6.07, 6.45) is 2.28. The molecule has 2 amide bonds. The van der Waals surface area contributed by atoms with Crippen LogP contribution in [0.25, 0.3) is 0 Å². The van der Waals surface area contributed by atoms with Crippen molar-refractivity contribution < 1.29 is 4.79 Å². The zero-order valence-corrected chi connectivity index (χ0v) is 12.2. The Morgan fingerprint density at radius 3 is 2.47 bits per heavy atom. The first-order valence-corrected chi connectivity index (χ1v) is 6.99. The summed E-state index contributed by atoms with van der Waals surface area (Å²) < 4.78 is 1.22. The lowest BCUT2D eigenvalue weighted by Gasteiger charge is -2.24. The van der Waals surface area contributed by atoms with E-state index in [0.29, 0.717) is 6.54 Å². The van der Waals surface area contributed by atoms with Crippen LogP contribution in [0.5, 0.6) is 0 Å². The fourth-order valence-corrected chi connectivity index (χ4v) is 2.44. The highest BCUT2D eigenvalue weighted by Gasteiger charge is 2.20. The lowest BCUT2D eigenvalue weighted by Crippen LogP contribution is -2.38. The van der Waals surface area contributed by atoms with Crippen molar-refractivity contribution in [2.45, 2.75) is 19.4 Å². The second-order valence-corrected chi connectivity index (χ2v) is 5.70. The molecule has 0 radical (unpaired) electrons. The van der Waals surface area contributed by atoms with E-state index in [4.69, 9.17) is 0 Å². The highest BCUT2D eigenvalue weighted by Crippen LogP contribution is 2.13. The molecule has 92 valence electrons. The topological polar surface area (TPSA) is 23.6 Å². The van der Waals surface area contributed by atoms with E-state index in [1.807, 2.05) is 11.9 Å². The lowest BCUT2D eigenvalue weighted by molar-refractivity contribution is 0.171. The van der Waals surface area contributed by atoms with E-state index < -0.39 is 0 Å². The van der Waals surface area contributed by atoms with Crippen LogP contribution in [-0.4, -0.2) is 36.0 Å². The molecule has 0 aliphatic carbocycles. The molecule has 0 aromatic heterocycles. The molecule has 3 nitrogen and oxygen atoms in total. The second kappa shape index (κ2) is 5.71. The molecule has 1 aromatic carbocycles. The summed E-state index contributed by atoms with van der Waals surface area (Å²) in [5.41, 5.74) is 1.18. The summed E-state index contributed by atoms with van der Waals surface area (Å²) in [5.74, 6) is 0. The van der Waals surface area contributed by atoms with Crippen molar-refractivity contribution in [1.82, 2.24) is 9.80 Å². The van der Waals surface area contributed by atoms with Crippen molar-refractivity contribution in [3.05, 3.63) is 33.4 Å². The van der Waals surface area contributed by atoms with Gasteiger partial charge in [-0.3, -0.25) is 0 Å². The van der Waals surface area contributed by atoms with Crippen LogP contribution in [0.15, 0.2) is 24.3 Å². The average Bonchev–Trinajstić information content (AvgIpc) is 2.84. The first-order chi connectivity index (χ1) is 8.16. The Balaban J connectivity index is 1.93. The lowest BCUT2D eigenvalue weighted by atomic mass is 10.2. The maximum Gasteiger partial charge on any atom is 0.320 e. The van der Waals surface area contributed by atoms with Gasteiger partial charge >= 0.3 is 6.03 Å². The fraction of sp³-hybridized carbons (Fsp3) is 0.462. The van der Waals surface area contributed by atoms with Gasteiger partial charge in [-0.1, -0.05) is 12.1 Å². The zero-order valence-electron chi connectivity index (χ0n) is 10.0. The molecular weight excluding hydrogens is 327 g/mol. The van der Waals surface area contributed by atoms with Crippen LogP contribution in [0.3, 0.4) is 0 Å². The van der Waals surface area contributed by atoms with Crippen LogP contribution in [0.2, 0.25) is 0 Å². The first-order valence-electron chi connectivity index (χ1n) is 5.91. The van der Waals surface area contributed by atoms with E-state index in [2.05, 4.69) is 46.9 Å². The summed E-state index contributed by atoms with van der Waals surface area (Å²) in [6, 6.07) is 8.46. The highest BCUT2D eigenvalue weighted by atomic mass is 127. The minimum absolute atomic E-state index is 0.154. The highest BCUT2D eigenvalue weighted by molar-refractivity contribution is 14.1. The largest absolute Gasteiger partial charge is 0.325 e. The van der Waals surface area contributed by atoms with Gasteiger partial charge in [0.25, 0.3) is 0 Å². The quantitative estimate of drug-likeness (QED) is 0.757. The number of nitrogens with zero attached hydrogens (tertiary/aromatic N) is 2. The summed E-state index contributed by atoms with van der Waals surface area (Å²) >= 11 is 2.29. The monoisotopic (exact) mass is 344 g/mol. The van der Waals surface area contributed by atoms with Crippen LogP contribution >= 0.6 is 22.6 Å². The summed E-state index contributed by atoms with van der Waals surface area (Å²) in [5, 5.41) is 0. The molecule has 1 aromatic rings. The molecule has 1 heterocycles. The minimum Gasteiger partial charge on any atom is -0.325 e. The van der Waals surface area contributed by atoms with Crippen molar-refractivity contribution >= 4 is 28.6 Å². The van der Waals surface area contributed by atoms with Crippen LogP contribution in [0.4, 0.5) is 4.79 Å². The molecule has 0 saturated carbocycles. The summed E-state index contributed by atoms with van der Waals surface area (Å²) in [6.45, 7) is 2.51. The number of hydrogen-bond acceptors (Lipinski definition) is 1. The molecule has 1 aliphatic rings. The van der Waals surface area contributed by atoms with Crippen LogP contribution < -0.4 is 0 Å². The number of amides is 2. The number of carbonyl (C=O) groups excluding carboxylic acids is 1. The van der Waals surface area contributed by atoms with E-state index >= 15 is 0 Å². The van der Waals surface area contributed by atoms with Gasteiger partial charge in [0.2, 0.25) is 0 Å². The standard InChI is InChI=1S/C13H17IN2O/c1-15(13(17)16-8-2-3-9-16)10-11-4-6-12(14)7-5-11/h4-7H,2-3,8-10H2,1H3. The van der Waals surface area contributed by atoms with E-state index in [0.717, 1.165) is 25.9 Å². The Labute approximate surface area is 116 Å². The van der Waals surface area contributed by atoms with Gasteiger partial charge in [-0.2, -0.15) is 0 Å². The van der Waals surface area contributed by atoms with Crippen molar-refractivity contribution in [2.24, 2.45) is 0 Å². The van der Waals surface area contributed by atoms with Gasteiger partial charge in [-0.05, 0) is 53.1 Å². The van der Waals surface area contributed by atoms with E-state index in [9.17, 15) is 4.79 Å². The number of rotatable bonds is 2. The molecule has 4 heteroatoms. The third-order valence-electron chi connectivity index (χ3n) is 3.04. The van der Waals surface area contributed by atoms with Crippen LogP contribution in [-0.2, 0) is 6.54 Å². The van der Waals surface area contributed by atoms with Gasteiger partial charge in [0.1, 0.15) is 0 Å². The van der Waals surface area contributed by atoms with Gasteiger partial charge < -0.3 is 9.80 Å². The third kappa shape index (κ3) is 3.34. The Hall–Kier alpha value is -0.780. The van der Waals surface area contributed by atoms with Gasteiger partial charge in [0.15, 0.2) is 0 Å². The molecule has 0 unspecified atom stereocenters. The van der Waals surface area contributed by atoms with E-state index in [-0.39, 0.29) is 6.03 Å². The van der Waals surface area contributed by atoms with Crippen LogP contribution in [0, 0.1) is 3.57 Å². The number of benzene rings is 1. The molecule has 1 saturated heterocycles. The van der Waals surface area contributed by atoms with Gasteiger partial charge in [-0.15, -0.1) is 0 Å². The number of halogens is 1. The molecular formula is C13H17IN2O. The number of urea groups is 1. The number of likely N-dealkylation sites (tertiary alicyclic amines) is 1. The smallest absolute Gasteiger partial charge is 0.320 e. The molecule has 1 fully saturated rings. The van der Waals surface area contributed by atoms with Crippen LogP contribution in [0.1, 0.15) is 18.4 Å². The molecule has 17 heavy (non-hydrogen) atoms. The van der Waals surface area contributed by atoms with Crippen molar-refractivity contribution in [3.8, 4) is 0 Å². The SMILES string of the molecule is CN(Cc1ccc(I)cc1)C(=O)N1CCCC1. The Morgan fingerprint density at radius 1 is 1.29 bits per heavy atom. The zero-order chi connectivity index (χ0) is 12.3. The summed E-state index contributed by atoms with van der Waals surface area (Å²) in [7, 11) is 1.87. The van der Waals surface area contributed by atoms with E-state index in [1.165, 1.54) is 9.13 Å². The predicted octanol–water partition coefficient (Wildman–Crippen LogP) is 2.94. The molecule has 0 bridgehead atoms. The Morgan fingerprint density at radius 2 is 1.88 bits per heavy atom. The molecule has 0 N–H and O–H groups in total. The molecule has 0 atom stereocenters. The first kappa shape index (κ1) is 12.7. The van der Waals surface area contributed by atoms with E-state index in [1.54, 1.807) is 4.90 Å². The normalized spacial score (nSPS) is 15.1. The molecule has 0 spiro atoms. The summed E-state index contributed by atoms with van der Waals surface area (Å²) in [4.78, 5) is 15.8. The van der Waals surface area contributed by atoms with Crippen molar-refractivity contribution in [2.75, 3.05) is 20.1 Å². The third-order valence-corrected chi connectivity index (χ3v) is 3.76. The maximum atomic E-state index is 12.1. The minimum atomic E-state index is 0.154. The maximum absolute atomic E-state index is 12.1. The second-order valence-electron chi connectivity index (χ2n) is 4.46. The van der Waals surface area contributed by atoms with Gasteiger partial charge in [0.05, 0.1) is 0 Å². The van der Waals surface area contributed by atoms with Gasteiger partial charge in [0, 0.05) is 30.3 Å². The Bertz CT molecular complexity index is 385.